The Labute approximate surface area is 47.2 Å². The Bertz CT molecular complexity index is 183. The molecular weight excluding hydrogens is 132 g/mol. The summed E-state index contributed by atoms with van der Waals surface area (Å²) in [6.07, 6.45) is 0. The smallest absolute Gasteiger partial charge is 0.290 e. The van der Waals surface area contributed by atoms with Crippen LogP contribution in [0.3, 0.4) is 0 Å². The summed E-state index contributed by atoms with van der Waals surface area (Å²) in [4.78, 5) is 0. The Hall–Kier alpha value is -0.550. The van der Waals surface area contributed by atoms with Crippen molar-refractivity contribution in [1.82, 2.24) is 0 Å². The van der Waals surface area contributed by atoms with E-state index in [2.05, 4.69) is 0 Å². The molecule has 0 saturated carbocycles. The molecule has 0 fully saturated rings. The van der Waals surface area contributed by atoms with Crippen LogP contribution in [0.25, 0.3) is 0 Å². The SMILES string of the molecule is C/C(O)=C\S(=O)(=O)O. The molecule has 0 atom stereocenters. The Morgan fingerprint density at radius 3 is 2.00 bits per heavy atom. The third-order valence-electron chi connectivity index (χ3n) is 0.319. The van der Waals surface area contributed by atoms with E-state index >= 15 is 0 Å². The van der Waals surface area contributed by atoms with Crippen molar-refractivity contribution in [3.05, 3.63) is 11.2 Å². The van der Waals surface area contributed by atoms with Gasteiger partial charge in [-0.1, -0.05) is 0 Å². The summed E-state index contributed by atoms with van der Waals surface area (Å²) in [5.74, 6) is -0.437. The summed E-state index contributed by atoms with van der Waals surface area (Å²) >= 11 is 0. The molecule has 0 bridgehead atoms. The first-order valence-electron chi connectivity index (χ1n) is 1.76. The van der Waals surface area contributed by atoms with Crippen LogP contribution < -0.4 is 0 Å². The van der Waals surface area contributed by atoms with Crippen LogP contribution in [-0.2, 0) is 10.1 Å². The lowest BCUT2D eigenvalue weighted by atomic mass is 10.7. The molecule has 0 spiro atoms. The van der Waals surface area contributed by atoms with Crippen LogP contribution in [0.2, 0.25) is 0 Å². The number of allylic oxidation sites excluding steroid dienone is 1. The topological polar surface area (TPSA) is 74.6 Å². The minimum absolute atomic E-state index is 0.354. The molecule has 0 unspecified atom stereocenters. The van der Waals surface area contributed by atoms with Crippen LogP contribution in [0.4, 0.5) is 0 Å². The molecule has 8 heavy (non-hydrogen) atoms. The second-order valence-corrected chi connectivity index (χ2v) is 2.54. The summed E-state index contributed by atoms with van der Waals surface area (Å²) in [6.45, 7) is 1.15. The zero-order valence-electron chi connectivity index (χ0n) is 4.20. The first-order chi connectivity index (χ1) is 3.42. The highest BCUT2D eigenvalue weighted by Crippen LogP contribution is 1.89. The van der Waals surface area contributed by atoms with Gasteiger partial charge in [-0.15, -0.1) is 0 Å². The van der Waals surface area contributed by atoms with Gasteiger partial charge < -0.3 is 5.11 Å². The molecule has 48 valence electrons. The van der Waals surface area contributed by atoms with Crippen molar-refractivity contribution in [1.29, 1.82) is 0 Å². The molecule has 0 heterocycles. The minimum atomic E-state index is -4.14. The highest BCUT2D eigenvalue weighted by atomic mass is 32.2. The van der Waals surface area contributed by atoms with Gasteiger partial charge in [-0.05, 0) is 6.92 Å². The molecular formula is C3H6O4S. The van der Waals surface area contributed by atoms with Gasteiger partial charge in [0.05, 0.1) is 5.41 Å². The lowest BCUT2D eigenvalue weighted by Crippen LogP contribution is -1.90. The first-order valence-corrected chi connectivity index (χ1v) is 3.27. The highest BCUT2D eigenvalue weighted by molar-refractivity contribution is 7.88. The summed E-state index contributed by atoms with van der Waals surface area (Å²) < 4.78 is 27.4. The lowest BCUT2D eigenvalue weighted by molar-refractivity contribution is 0.413. The zero-order chi connectivity index (χ0) is 6.78. The summed E-state index contributed by atoms with van der Waals surface area (Å²) in [7, 11) is -4.14. The van der Waals surface area contributed by atoms with Gasteiger partial charge in [0, 0.05) is 0 Å². The van der Waals surface area contributed by atoms with Gasteiger partial charge in [0.25, 0.3) is 10.1 Å². The van der Waals surface area contributed by atoms with Gasteiger partial charge in [0.1, 0.15) is 5.76 Å². The Balaban J connectivity index is 4.36. The maximum atomic E-state index is 9.76. The summed E-state index contributed by atoms with van der Waals surface area (Å²) in [6, 6.07) is 0. The third-order valence-corrected chi connectivity index (χ3v) is 0.958. The van der Waals surface area contributed by atoms with Crippen molar-refractivity contribution in [3.8, 4) is 0 Å². The number of hydrogen-bond acceptors (Lipinski definition) is 3. The maximum absolute atomic E-state index is 9.76. The van der Waals surface area contributed by atoms with Gasteiger partial charge >= 0.3 is 0 Å². The van der Waals surface area contributed by atoms with Gasteiger partial charge in [0.2, 0.25) is 0 Å². The Morgan fingerprint density at radius 2 is 2.00 bits per heavy atom. The molecule has 0 aromatic carbocycles. The molecule has 0 rings (SSSR count). The fraction of sp³-hybridized carbons (Fsp3) is 0.333. The number of hydrogen-bond donors (Lipinski definition) is 2. The van der Waals surface area contributed by atoms with E-state index < -0.39 is 15.9 Å². The second kappa shape index (κ2) is 2.15. The minimum Gasteiger partial charge on any atom is -0.512 e. The normalized spacial score (nSPS) is 14.0. The molecule has 2 N–H and O–H groups in total. The average Bonchev–Trinajstić information content (AvgIpc) is 1.21. The van der Waals surface area contributed by atoms with Crippen molar-refractivity contribution in [2.75, 3.05) is 0 Å². The third kappa shape index (κ3) is 5.45. The predicted octanol–water partition coefficient (Wildman–Crippen LogP) is 0.293. The van der Waals surface area contributed by atoms with E-state index in [4.69, 9.17) is 9.66 Å². The van der Waals surface area contributed by atoms with Crippen LogP contribution in [-0.4, -0.2) is 18.1 Å². The number of aliphatic hydroxyl groups is 1. The van der Waals surface area contributed by atoms with Crippen LogP contribution in [0, 0.1) is 0 Å². The zero-order valence-corrected chi connectivity index (χ0v) is 5.01. The molecule has 4 nitrogen and oxygen atoms in total. The van der Waals surface area contributed by atoms with Crippen LogP contribution in [0.5, 0.6) is 0 Å². The molecule has 5 heteroatoms. The molecule has 0 aromatic heterocycles. The second-order valence-electron chi connectivity index (χ2n) is 1.27. The maximum Gasteiger partial charge on any atom is 0.290 e. The fourth-order valence-electron chi connectivity index (χ4n) is 0.216. The van der Waals surface area contributed by atoms with E-state index in [1.165, 1.54) is 0 Å². The van der Waals surface area contributed by atoms with E-state index in [0.29, 0.717) is 5.41 Å². The molecule has 0 aliphatic carbocycles. The number of aliphatic hydroxyl groups excluding tert-OH is 1. The molecule has 0 radical (unpaired) electrons. The standard InChI is InChI=1S/C3H6O4S/c1-3(4)2-8(5,6)7/h2,4H,1H3,(H,5,6,7)/b3-2+. The van der Waals surface area contributed by atoms with Crippen LogP contribution >= 0.6 is 0 Å². The van der Waals surface area contributed by atoms with E-state index in [1.54, 1.807) is 0 Å². The average molecular weight is 138 g/mol. The van der Waals surface area contributed by atoms with Gasteiger partial charge in [0.15, 0.2) is 0 Å². The van der Waals surface area contributed by atoms with Crippen LogP contribution in [0.1, 0.15) is 6.92 Å². The highest BCUT2D eigenvalue weighted by Gasteiger charge is 1.96. The van der Waals surface area contributed by atoms with E-state index in [0.717, 1.165) is 6.92 Å². The van der Waals surface area contributed by atoms with Gasteiger partial charge in [-0.2, -0.15) is 8.42 Å². The van der Waals surface area contributed by atoms with Crippen molar-refractivity contribution in [3.63, 3.8) is 0 Å². The molecule has 0 amide bonds. The summed E-state index contributed by atoms with van der Waals surface area (Å²) in [5.41, 5.74) is 0. The van der Waals surface area contributed by atoms with Crippen LogP contribution in [0.15, 0.2) is 11.2 Å². The molecule has 0 aliphatic heterocycles. The monoisotopic (exact) mass is 138 g/mol. The van der Waals surface area contributed by atoms with E-state index in [1.807, 2.05) is 0 Å². The van der Waals surface area contributed by atoms with Gasteiger partial charge in [-0.25, -0.2) is 0 Å². The largest absolute Gasteiger partial charge is 0.512 e. The Kier molecular flexibility index (Phi) is 2.00. The first kappa shape index (κ1) is 7.45. The van der Waals surface area contributed by atoms with Crippen molar-refractivity contribution < 1.29 is 18.1 Å². The lowest BCUT2D eigenvalue weighted by Gasteiger charge is -1.83. The van der Waals surface area contributed by atoms with Crippen molar-refractivity contribution in [2.24, 2.45) is 0 Å². The summed E-state index contributed by atoms with van der Waals surface area (Å²) in [5, 5.41) is 8.56. The molecule has 0 aliphatic rings. The quantitative estimate of drug-likeness (QED) is 0.403. The van der Waals surface area contributed by atoms with E-state index in [-0.39, 0.29) is 0 Å². The number of rotatable bonds is 1. The predicted molar refractivity (Wildman–Crippen MR) is 27.9 cm³/mol. The van der Waals surface area contributed by atoms with Crippen molar-refractivity contribution >= 4 is 10.1 Å². The van der Waals surface area contributed by atoms with E-state index in [9.17, 15) is 8.42 Å². The molecule has 0 saturated heterocycles. The molecule has 0 aromatic rings. The van der Waals surface area contributed by atoms with Crippen molar-refractivity contribution in [2.45, 2.75) is 6.92 Å². The fourth-order valence-corrected chi connectivity index (χ4v) is 0.647. The Morgan fingerprint density at radius 1 is 1.62 bits per heavy atom. The van der Waals surface area contributed by atoms with Gasteiger partial charge in [-0.3, -0.25) is 4.55 Å².